The molecule has 1 aromatic rings. The Kier molecular flexibility index (Phi) is 5.82. The largest absolute Gasteiger partial charge is 0.480 e. The van der Waals surface area contributed by atoms with Crippen LogP contribution in [0.15, 0.2) is 22.7 Å². The lowest BCUT2D eigenvalue weighted by molar-refractivity contribution is -0.139. The van der Waals surface area contributed by atoms with E-state index in [0.29, 0.717) is 18.5 Å². The monoisotopic (exact) mass is 328 g/mol. The number of halogens is 1. The maximum absolute atomic E-state index is 11.8. The first-order valence-electron chi connectivity index (χ1n) is 6.00. The maximum Gasteiger partial charge on any atom is 0.326 e. The second-order valence-electron chi connectivity index (χ2n) is 4.26. The number of carbonyl (C=O) groups is 2. The van der Waals surface area contributed by atoms with Crippen LogP contribution in [-0.2, 0) is 4.79 Å². The minimum absolute atomic E-state index is 0.401. The number of carboxylic acid groups (broad SMARTS) is 1. The number of amides is 2. The fourth-order valence-electron chi connectivity index (χ4n) is 1.60. The number of hydrogen-bond donors (Lipinski definition) is 3. The summed E-state index contributed by atoms with van der Waals surface area (Å²) in [6.07, 6.45) is 1.09. The third-order valence-corrected chi connectivity index (χ3v) is 3.24. The Morgan fingerprint density at radius 3 is 2.68 bits per heavy atom. The van der Waals surface area contributed by atoms with Gasteiger partial charge in [0.1, 0.15) is 6.04 Å². The van der Waals surface area contributed by atoms with Crippen molar-refractivity contribution >= 4 is 33.6 Å². The van der Waals surface area contributed by atoms with Gasteiger partial charge in [0.2, 0.25) is 0 Å². The number of aliphatic carboxylic acids is 1. The number of hydrogen-bond acceptors (Lipinski definition) is 2. The third kappa shape index (κ3) is 4.90. The summed E-state index contributed by atoms with van der Waals surface area (Å²) >= 11 is 3.33. The molecule has 0 heterocycles. The van der Waals surface area contributed by atoms with E-state index in [1.807, 2.05) is 26.0 Å². The first kappa shape index (κ1) is 15.5. The summed E-state index contributed by atoms with van der Waals surface area (Å²) in [5.41, 5.74) is 1.61. The zero-order valence-electron chi connectivity index (χ0n) is 10.9. The Bertz CT molecular complexity index is 477. The molecule has 104 valence electrons. The minimum Gasteiger partial charge on any atom is -0.480 e. The highest BCUT2D eigenvalue weighted by Gasteiger charge is 2.18. The zero-order valence-corrected chi connectivity index (χ0v) is 12.5. The van der Waals surface area contributed by atoms with Crippen LogP contribution >= 0.6 is 15.9 Å². The Morgan fingerprint density at radius 1 is 1.42 bits per heavy atom. The fourth-order valence-corrected chi connectivity index (χ4v) is 1.94. The highest BCUT2D eigenvalue weighted by Crippen LogP contribution is 2.23. The van der Waals surface area contributed by atoms with Crippen LogP contribution in [0.25, 0.3) is 0 Å². The van der Waals surface area contributed by atoms with Gasteiger partial charge >= 0.3 is 12.0 Å². The van der Waals surface area contributed by atoms with Crippen molar-refractivity contribution in [3.05, 3.63) is 28.2 Å². The molecule has 0 saturated carbocycles. The smallest absolute Gasteiger partial charge is 0.326 e. The molecule has 1 unspecified atom stereocenters. The van der Waals surface area contributed by atoms with Crippen molar-refractivity contribution < 1.29 is 14.7 Å². The van der Waals surface area contributed by atoms with Gasteiger partial charge in [-0.2, -0.15) is 0 Å². The van der Waals surface area contributed by atoms with Crippen molar-refractivity contribution in [1.82, 2.24) is 5.32 Å². The average Bonchev–Trinajstić information content (AvgIpc) is 2.33. The molecule has 0 aliphatic rings. The van der Waals surface area contributed by atoms with E-state index in [9.17, 15) is 9.59 Å². The van der Waals surface area contributed by atoms with Crippen molar-refractivity contribution in [3.63, 3.8) is 0 Å². The summed E-state index contributed by atoms with van der Waals surface area (Å²) < 4.78 is 0.746. The van der Waals surface area contributed by atoms with Crippen LogP contribution in [0, 0.1) is 6.92 Å². The molecular weight excluding hydrogens is 312 g/mol. The van der Waals surface area contributed by atoms with E-state index >= 15 is 0 Å². The molecular formula is C13H17BrN2O3. The molecule has 0 fully saturated rings. The van der Waals surface area contributed by atoms with Gasteiger partial charge in [0.25, 0.3) is 0 Å². The molecule has 0 saturated heterocycles. The summed E-state index contributed by atoms with van der Waals surface area (Å²) in [6, 6.07) is 4.15. The Morgan fingerprint density at radius 2 is 2.11 bits per heavy atom. The number of nitrogens with one attached hydrogen (secondary N) is 2. The molecule has 3 N–H and O–H groups in total. The Hall–Kier alpha value is -1.56. The SMILES string of the molecule is CCCC(NC(=O)Nc1cc(C)ccc1Br)C(=O)O. The van der Waals surface area contributed by atoms with Crippen LogP contribution in [0.3, 0.4) is 0 Å². The molecule has 0 spiro atoms. The first-order valence-corrected chi connectivity index (χ1v) is 6.79. The molecule has 0 aromatic heterocycles. The van der Waals surface area contributed by atoms with Gasteiger partial charge in [-0.25, -0.2) is 9.59 Å². The van der Waals surface area contributed by atoms with E-state index in [-0.39, 0.29) is 0 Å². The normalized spacial score (nSPS) is 11.7. The maximum atomic E-state index is 11.8. The molecule has 0 aliphatic carbocycles. The number of anilines is 1. The van der Waals surface area contributed by atoms with Gasteiger partial charge in [-0.3, -0.25) is 0 Å². The van der Waals surface area contributed by atoms with Crippen LogP contribution in [-0.4, -0.2) is 23.1 Å². The summed E-state index contributed by atoms with van der Waals surface area (Å²) in [6.45, 7) is 3.78. The van der Waals surface area contributed by atoms with E-state index in [2.05, 4.69) is 26.6 Å². The van der Waals surface area contributed by atoms with Crippen molar-refractivity contribution in [2.24, 2.45) is 0 Å². The summed E-state index contributed by atoms with van der Waals surface area (Å²) in [5.74, 6) is -1.03. The number of urea groups is 1. The van der Waals surface area contributed by atoms with E-state index in [1.54, 1.807) is 6.07 Å². The molecule has 2 amide bonds. The van der Waals surface area contributed by atoms with Crippen LogP contribution in [0.1, 0.15) is 25.3 Å². The lowest BCUT2D eigenvalue weighted by atomic mass is 10.2. The molecule has 0 bridgehead atoms. The zero-order chi connectivity index (χ0) is 14.4. The standard InChI is InChI=1S/C13H17BrN2O3/c1-3-4-10(12(17)18)15-13(19)16-11-7-8(2)5-6-9(11)14/h5-7,10H,3-4H2,1-2H3,(H,17,18)(H2,15,16,19). The van der Waals surface area contributed by atoms with E-state index in [1.165, 1.54) is 0 Å². The van der Waals surface area contributed by atoms with E-state index in [4.69, 9.17) is 5.11 Å². The number of benzene rings is 1. The van der Waals surface area contributed by atoms with E-state index in [0.717, 1.165) is 10.0 Å². The van der Waals surface area contributed by atoms with Gasteiger partial charge in [-0.05, 0) is 47.0 Å². The van der Waals surface area contributed by atoms with Gasteiger partial charge in [0.15, 0.2) is 0 Å². The minimum atomic E-state index is -1.03. The quantitative estimate of drug-likeness (QED) is 0.776. The fraction of sp³-hybridized carbons (Fsp3) is 0.385. The number of carbonyl (C=O) groups excluding carboxylic acids is 1. The molecule has 6 heteroatoms. The van der Waals surface area contributed by atoms with Crippen LogP contribution < -0.4 is 10.6 Å². The Balaban J connectivity index is 2.68. The lowest BCUT2D eigenvalue weighted by Crippen LogP contribution is -2.42. The number of aryl methyl sites for hydroxylation is 1. The first-order chi connectivity index (χ1) is 8.93. The molecule has 5 nitrogen and oxygen atoms in total. The number of rotatable bonds is 5. The molecule has 1 atom stereocenters. The summed E-state index contributed by atoms with van der Waals surface area (Å²) in [5, 5.41) is 14.0. The van der Waals surface area contributed by atoms with Crippen LogP contribution in [0.5, 0.6) is 0 Å². The Labute approximate surface area is 120 Å². The molecule has 0 aliphatic heterocycles. The molecule has 1 rings (SSSR count). The van der Waals surface area contributed by atoms with Crippen LogP contribution in [0.2, 0.25) is 0 Å². The lowest BCUT2D eigenvalue weighted by Gasteiger charge is -2.15. The summed E-state index contributed by atoms with van der Waals surface area (Å²) in [7, 11) is 0. The average molecular weight is 329 g/mol. The predicted molar refractivity (Wildman–Crippen MR) is 77.4 cm³/mol. The van der Waals surface area contributed by atoms with Crippen LogP contribution in [0.4, 0.5) is 10.5 Å². The van der Waals surface area contributed by atoms with Gasteiger partial charge in [0, 0.05) is 4.47 Å². The van der Waals surface area contributed by atoms with Gasteiger partial charge in [-0.1, -0.05) is 19.4 Å². The van der Waals surface area contributed by atoms with E-state index < -0.39 is 18.0 Å². The summed E-state index contributed by atoms with van der Waals surface area (Å²) in [4.78, 5) is 22.7. The molecule has 19 heavy (non-hydrogen) atoms. The second kappa shape index (κ2) is 7.13. The van der Waals surface area contributed by atoms with Crippen molar-refractivity contribution in [3.8, 4) is 0 Å². The third-order valence-electron chi connectivity index (χ3n) is 2.55. The molecule has 0 radical (unpaired) electrons. The van der Waals surface area contributed by atoms with Crippen molar-refractivity contribution in [2.75, 3.05) is 5.32 Å². The van der Waals surface area contributed by atoms with Gasteiger partial charge in [0.05, 0.1) is 5.69 Å². The number of carboxylic acids is 1. The predicted octanol–water partition coefficient (Wildman–Crippen LogP) is 3.13. The van der Waals surface area contributed by atoms with Crippen molar-refractivity contribution in [2.45, 2.75) is 32.7 Å². The highest BCUT2D eigenvalue weighted by molar-refractivity contribution is 9.10. The molecule has 1 aromatic carbocycles. The highest BCUT2D eigenvalue weighted by atomic mass is 79.9. The van der Waals surface area contributed by atoms with Crippen molar-refractivity contribution in [1.29, 1.82) is 0 Å². The topological polar surface area (TPSA) is 78.4 Å². The second-order valence-corrected chi connectivity index (χ2v) is 5.12. The van der Waals surface area contributed by atoms with Gasteiger partial charge < -0.3 is 15.7 Å². The van der Waals surface area contributed by atoms with Gasteiger partial charge in [-0.15, -0.1) is 0 Å².